The molecular weight excluding hydrogens is 390 g/mol. The molecule has 3 heterocycles. The number of benzene rings is 2. The van der Waals surface area contributed by atoms with E-state index in [4.69, 9.17) is 9.40 Å². The molecule has 0 bridgehead atoms. The van der Waals surface area contributed by atoms with Gasteiger partial charge in [0.15, 0.2) is 11.2 Å². The molecule has 0 saturated carbocycles. The minimum atomic E-state index is -0.478. The average Bonchev–Trinajstić information content (AvgIpc) is 3.21. The summed E-state index contributed by atoms with van der Waals surface area (Å²) in [4.78, 5) is 29.9. The fourth-order valence-corrected chi connectivity index (χ4v) is 3.61. The monoisotopic (exact) mass is 409 g/mol. The van der Waals surface area contributed by atoms with Crippen molar-refractivity contribution < 1.29 is 9.21 Å². The molecule has 5 aromatic rings. The van der Waals surface area contributed by atoms with Crippen LogP contribution in [0.4, 0.5) is 5.69 Å². The van der Waals surface area contributed by atoms with Gasteiger partial charge in [-0.1, -0.05) is 30.3 Å². The second-order valence-corrected chi connectivity index (χ2v) is 7.50. The van der Waals surface area contributed by atoms with Gasteiger partial charge in [-0.15, -0.1) is 0 Å². The number of nitrogens with one attached hydrogen (secondary N) is 1. The van der Waals surface area contributed by atoms with E-state index < -0.39 is 5.91 Å². The van der Waals surface area contributed by atoms with E-state index in [0.29, 0.717) is 16.7 Å². The van der Waals surface area contributed by atoms with Gasteiger partial charge in [0.05, 0.1) is 11.1 Å². The van der Waals surface area contributed by atoms with Gasteiger partial charge in [0, 0.05) is 29.7 Å². The summed E-state index contributed by atoms with van der Waals surface area (Å²) in [5.41, 5.74) is 5.31. The summed E-state index contributed by atoms with van der Waals surface area (Å²) >= 11 is 0. The van der Waals surface area contributed by atoms with Gasteiger partial charge in [-0.25, -0.2) is 4.98 Å². The van der Waals surface area contributed by atoms with Gasteiger partial charge < -0.3 is 14.1 Å². The highest BCUT2D eigenvalue weighted by Crippen LogP contribution is 2.26. The second kappa shape index (κ2) is 7.25. The number of imidazole rings is 1. The van der Waals surface area contributed by atoms with Gasteiger partial charge >= 0.3 is 0 Å². The zero-order valence-corrected chi connectivity index (χ0v) is 17.0. The number of hydrogen-bond donors (Lipinski definition) is 1. The van der Waals surface area contributed by atoms with Crippen LogP contribution in [-0.4, -0.2) is 15.3 Å². The zero-order valence-electron chi connectivity index (χ0n) is 17.0. The van der Waals surface area contributed by atoms with E-state index in [-0.39, 0.29) is 11.2 Å². The van der Waals surface area contributed by atoms with Crippen molar-refractivity contribution in [1.29, 1.82) is 0 Å². The summed E-state index contributed by atoms with van der Waals surface area (Å²) < 4.78 is 7.64. The molecule has 0 fully saturated rings. The van der Waals surface area contributed by atoms with Crippen LogP contribution in [-0.2, 0) is 0 Å². The topological polar surface area (TPSA) is 76.6 Å². The van der Waals surface area contributed by atoms with Crippen LogP contribution in [0.15, 0.2) is 82.3 Å². The Hall–Kier alpha value is -4.19. The quantitative estimate of drug-likeness (QED) is 0.456. The normalized spacial score (nSPS) is 11.2. The SMILES string of the molecule is Cc1ccc(-c2cn3cccc(C)c3n2)cc1NC(=O)c1cc(=O)c2ccccc2o1. The summed E-state index contributed by atoms with van der Waals surface area (Å²) in [5.74, 6) is -0.509. The highest BCUT2D eigenvalue weighted by atomic mass is 16.3. The summed E-state index contributed by atoms with van der Waals surface area (Å²) in [6, 6.07) is 17.9. The van der Waals surface area contributed by atoms with Crippen LogP contribution < -0.4 is 10.7 Å². The van der Waals surface area contributed by atoms with Gasteiger partial charge in [0.2, 0.25) is 0 Å². The minimum absolute atomic E-state index is 0.0307. The molecule has 152 valence electrons. The fourth-order valence-electron chi connectivity index (χ4n) is 3.61. The number of anilines is 1. The molecule has 0 unspecified atom stereocenters. The van der Waals surface area contributed by atoms with E-state index in [9.17, 15) is 9.59 Å². The third kappa shape index (κ3) is 3.38. The minimum Gasteiger partial charge on any atom is -0.451 e. The van der Waals surface area contributed by atoms with Crippen LogP contribution in [0, 0.1) is 13.8 Å². The Bertz CT molecular complexity index is 1530. The van der Waals surface area contributed by atoms with Crippen LogP contribution in [0.3, 0.4) is 0 Å². The second-order valence-electron chi connectivity index (χ2n) is 7.50. The van der Waals surface area contributed by atoms with Crippen LogP contribution in [0.1, 0.15) is 21.7 Å². The number of amides is 1. The van der Waals surface area contributed by atoms with Crippen molar-refractivity contribution in [3.05, 3.63) is 100 Å². The number of fused-ring (bicyclic) bond motifs is 2. The summed E-state index contributed by atoms with van der Waals surface area (Å²) in [7, 11) is 0. The first-order valence-electron chi connectivity index (χ1n) is 9.89. The van der Waals surface area contributed by atoms with E-state index in [0.717, 1.165) is 28.0 Å². The Kier molecular flexibility index (Phi) is 4.40. The van der Waals surface area contributed by atoms with Crippen LogP contribution in [0.5, 0.6) is 0 Å². The molecule has 0 aliphatic carbocycles. The zero-order chi connectivity index (χ0) is 21.5. The third-order valence-corrected chi connectivity index (χ3v) is 5.32. The van der Waals surface area contributed by atoms with E-state index in [1.165, 1.54) is 6.07 Å². The number of pyridine rings is 1. The summed E-state index contributed by atoms with van der Waals surface area (Å²) in [6.07, 6.45) is 3.92. The Morgan fingerprint density at radius 2 is 1.84 bits per heavy atom. The third-order valence-electron chi connectivity index (χ3n) is 5.32. The Morgan fingerprint density at radius 3 is 2.68 bits per heavy atom. The fraction of sp³-hybridized carbons (Fsp3) is 0.0800. The number of aryl methyl sites for hydroxylation is 2. The van der Waals surface area contributed by atoms with Crippen molar-refractivity contribution in [3.63, 3.8) is 0 Å². The lowest BCUT2D eigenvalue weighted by Gasteiger charge is -2.10. The first-order chi connectivity index (χ1) is 15.0. The van der Waals surface area contributed by atoms with E-state index >= 15 is 0 Å². The Labute approximate surface area is 177 Å². The number of nitrogens with zero attached hydrogens (tertiary/aromatic N) is 2. The van der Waals surface area contributed by atoms with Crippen molar-refractivity contribution in [1.82, 2.24) is 9.38 Å². The molecule has 0 aliphatic rings. The predicted octanol–water partition coefficient (Wildman–Crippen LogP) is 4.98. The van der Waals surface area contributed by atoms with E-state index in [1.807, 2.05) is 61.0 Å². The maximum atomic E-state index is 12.8. The number of aromatic nitrogens is 2. The Morgan fingerprint density at radius 1 is 1.00 bits per heavy atom. The van der Waals surface area contributed by atoms with Crippen LogP contribution in [0.2, 0.25) is 0 Å². The first kappa shape index (κ1) is 18.8. The lowest BCUT2D eigenvalue weighted by Crippen LogP contribution is -2.15. The summed E-state index contributed by atoms with van der Waals surface area (Å²) in [5, 5.41) is 3.31. The van der Waals surface area contributed by atoms with Crippen LogP contribution >= 0.6 is 0 Å². The number of hydrogen-bond acceptors (Lipinski definition) is 4. The molecule has 31 heavy (non-hydrogen) atoms. The van der Waals surface area contributed by atoms with E-state index in [1.54, 1.807) is 24.3 Å². The van der Waals surface area contributed by atoms with Gasteiger partial charge in [-0.2, -0.15) is 0 Å². The molecule has 0 spiro atoms. The number of para-hydroxylation sites is 1. The standard InChI is InChI=1S/C25H19N3O3/c1-15-9-10-17(20-14-28-11-5-6-16(2)24(28)26-20)12-19(15)27-25(30)23-13-21(29)18-7-3-4-8-22(18)31-23/h3-14H,1-2H3,(H,27,30). The first-order valence-corrected chi connectivity index (χ1v) is 9.89. The molecule has 6 nitrogen and oxygen atoms in total. The lowest BCUT2D eigenvalue weighted by molar-refractivity contribution is 0.0997. The molecule has 1 N–H and O–H groups in total. The van der Waals surface area contributed by atoms with Gasteiger partial charge in [-0.3, -0.25) is 9.59 Å². The maximum absolute atomic E-state index is 12.8. The van der Waals surface area contributed by atoms with Crippen molar-refractivity contribution in [3.8, 4) is 11.3 Å². The smallest absolute Gasteiger partial charge is 0.291 e. The molecular formula is C25H19N3O3. The molecule has 2 aromatic carbocycles. The highest BCUT2D eigenvalue weighted by Gasteiger charge is 2.15. The maximum Gasteiger partial charge on any atom is 0.291 e. The van der Waals surface area contributed by atoms with Gasteiger partial charge in [0.25, 0.3) is 5.91 Å². The average molecular weight is 409 g/mol. The van der Waals surface area contributed by atoms with Gasteiger partial charge in [-0.05, 0) is 49.2 Å². The Balaban J connectivity index is 1.50. The molecule has 0 atom stereocenters. The molecule has 0 aliphatic heterocycles. The molecule has 6 heteroatoms. The van der Waals surface area contributed by atoms with Gasteiger partial charge in [0.1, 0.15) is 11.2 Å². The molecule has 0 radical (unpaired) electrons. The lowest BCUT2D eigenvalue weighted by atomic mass is 10.1. The molecule has 3 aromatic heterocycles. The number of carbonyl (C=O) groups is 1. The van der Waals surface area contributed by atoms with E-state index in [2.05, 4.69) is 5.32 Å². The number of carbonyl (C=O) groups excluding carboxylic acids is 1. The van der Waals surface area contributed by atoms with Crippen molar-refractivity contribution in [2.75, 3.05) is 5.32 Å². The molecule has 1 amide bonds. The predicted molar refractivity (Wildman–Crippen MR) is 121 cm³/mol. The molecule has 0 saturated heterocycles. The van der Waals surface area contributed by atoms with Crippen LogP contribution in [0.25, 0.3) is 27.9 Å². The molecule has 5 rings (SSSR count). The summed E-state index contributed by atoms with van der Waals surface area (Å²) in [6.45, 7) is 3.92. The highest BCUT2D eigenvalue weighted by molar-refractivity contribution is 6.03. The van der Waals surface area contributed by atoms with Crippen molar-refractivity contribution in [2.45, 2.75) is 13.8 Å². The number of rotatable bonds is 3. The largest absolute Gasteiger partial charge is 0.451 e. The van der Waals surface area contributed by atoms with Crippen molar-refractivity contribution in [2.24, 2.45) is 0 Å². The van der Waals surface area contributed by atoms with Crippen molar-refractivity contribution >= 4 is 28.2 Å².